The van der Waals surface area contributed by atoms with Crippen LogP contribution < -0.4 is 0 Å². The molecule has 1 aromatic rings. The van der Waals surface area contributed by atoms with Gasteiger partial charge in [-0.25, -0.2) is 0 Å². The Morgan fingerprint density at radius 3 is 2.53 bits per heavy atom. The van der Waals surface area contributed by atoms with Gasteiger partial charge in [0.05, 0.1) is 6.61 Å². The van der Waals surface area contributed by atoms with E-state index < -0.39 is 0 Å². The topological polar surface area (TPSA) is 9.23 Å². The van der Waals surface area contributed by atoms with E-state index in [0.29, 0.717) is 11.0 Å². The zero-order valence-corrected chi connectivity index (χ0v) is 10.2. The van der Waals surface area contributed by atoms with Gasteiger partial charge in [-0.1, -0.05) is 44.2 Å². The van der Waals surface area contributed by atoms with Crippen LogP contribution in [-0.4, -0.2) is 11.7 Å². The van der Waals surface area contributed by atoms with Gasteiger partial charge in [0.2, 0.25) is 0 Å². The summed E-state index contributed by atoms with van der Waals surface area (Å²) >= 11 is 5.17. The van der Waals surface area contributed by atoms with Gasteiger partial charge in [-0.3, -0.25) is 0 Å². The second-order valence-corrected chi connectivity index (χ2v) is 4.52. The molecule has 82 valence electrons. The van der Waals surface area contributed by atoms with Crippen molar-refractivity contribution in [1.29, 1.82) is 0 Å². The molecule has 0 saturated heterocycles. The standard InChI is InChI=1S/C13H18OS/c1-11(2)8-9-14-13(15)10-12-6-4-3-5-7-12/h3-7,11H,8-10H2,1-2H3. The highest BCUT2D eigenvalue weighted by Gasteiger charge is 2.00. The van der Waals surface area contributed by atoms with Crippen molar-refractivity contribution in [2.45, 2.75) is 26.7 Å². The van der Waals surface area contributed by atoms with Crippen molar-refractivity contribution in [2.75, 3.05) is 6.61 Å². The van der Waals surface area contributed by atoms with Crippen molar-refractivity contribution < 1.29 is 4.74 Å². The van der Waals surface area contributed by atoms with E-state index in [1.165, 1.54) is 5.56 Å². The van der Waals surface area contributed by atoms with E-state index in [4.69, 9.17) is 17.0 Å². The Bertz CT molecular complexity index is 293. The molecule has 0 atom stereocenters. The molecule has 0 aromatic heterocycles. The lowest BCUT2D eigenvalue weighted by Crippen LogP contribution is -2.08. The third kappa shape index (κ3) is 5.53. The van der Waals surface area contributed by atoms with Crippen LogP contribution in [0.5, 0.6) is 0 Å². The smallest absolute Gasteiger partial charge is 0.164 e. The average molecular weight is 222 g/mol. The highest BCUT2D eigenvalue weighted by Crippen LogP contribution is 2.04. The lowest BCUT2D eigenvalue weighted by molar-refractivity contribution is 0.279. The van der Waals surface area contributed by atoms with Crippen LogP contribution in [0.4, 0.5) is 0 Å². The zero-order chi connectivity index (χ0) is 11.1. The molecule has 0 N–H and O–H groups in total. The monoisotopic (exact) mass is 222 g/mol. The molecule has 1 nitrogen and oxygen atoms in total. The normalized spacial score (nSPS) is 10.3. The number of hydrogen-bond acceptors (Lipinski definition) is 2. The Labute approximate surface area is 97.5 Å². The van der Waals surface area contributed by atoms with Crippen LogP contribution in [0.1, 0.15) is 25.8 Å². The summed E-state index contributed by atoms with van der Waals surface area (Å²) in [6.07, 6.45) is 1.81. The fraction of sp³-hybridized carbons (Fsp3) is 0.462. The third-order valence-corrected chi connectivity index (χ3v) is 2.41. The first kappa shape index (κ1) is 12.2. The van der Waals surface area contributed by atoms with Crippen molar-refractivity contribution in [1.82, 2.24) is 0 Å². The second kappa shape index (κ2) is 6.57. The number of benzene rings is 1. The van der Waals surface area contributed by atoms with E-state index in [2.05, 4.69) is 26.0 Å². The average Bonchev–Trinajstić information content (AvgIpc) is 2.18. The molecule has 0 saturated carbocycles. The molecule has 0 amide bonds. The maximum Gasteiger partial charge on any atom is 0.164 e. The minimum absolute atomic E-state index is 0.671. The number of ether oxygens (including phenoxy) is 1. The molecule has 1 aromatic carbocycles. The van der Waals surface area contributed by atoms with Crippen LogP contribution in [0.15, 0.2) is 30.3 Å². The number of rotatable bonds is 5. The van der Waals surface area contributed by atoms with Gasteiger partial charge in [0, 0.05) is 6.42 Å². The predicted octanol–water partition coefficient (Wildman–Crippen LogP) is 3.62. The molecule has 0 bridgehead atoms. The van der Waals surface area contributed by atoms with Gasteiger partial charge in [-0.05, 0) is 30.1 Å². The summed E-state index contributed by atoms with van der Waals surface area (Å²) in [6, 6.07) is 10.2. The van der Waals surface area contributed by atoms with Crippen LogP contribution in [0.25, 0.3) is 0 Å². The van der Waals surface area contributed by atoms with Crippen LogP contribution >= 0.6 is 12.2 Å². The van der Waals surface area contributed by atoms with E-state index in [0.717, 1.165) is 19.4 Å². The van der Waals surface area contributed by atoms with Crippen LogP contribution in [0, 0.1) is 5.92 Å². The summed E-state index contributed by atoms with van der Waals surface area (Å²) in [5.41, 5.74) is 1.21. The fourth-order valence-electron chi connectivity index (χ4n) is 1.22. The summed E-state index contributed by atoms with van der Waals surface area (Å²) in [7, 11) is 0. The summed E-state index contributed by atoms with van der Waals surface area (Å²) in [6.45, 7) is 5.11. The molecule has 0 aliphatic rings. The molecule has 0 heterocycles. The highest BCUT2D eigenvalue weighted by molar-refractivity contribution is 7.80. The van der Waals surface area contributed by atoms with Crippen molar-refractivity contribution in [3.63, 3.8) is 0 Å². The van der Waals surface area contributed by atoms with E-state index in [9.17, 15) is 0 Å². The Morgan fingerprint density at radius 1 is 1.27 bits per heavy atom. The van der Waals surface area contributed by atoms with Crippen molar-refractivity contribution in [2.24, 2.45) is 5.92 Å². The van der Waals surface area contributed by atoms with Crippen molar-refractivity contribution in [3.8, 4) is 0 Å². The van der Waals surface area contributed by atoms with Gasteiger partial charge in [0.1, 0.15) is 0 Å². The van der Waals surface area contributed by atoms with Crippen LogP contribution in [-0.2, 0) is 11.2 Å². The molecule has 1 rings (SSSR count). The maximum absolute atomic E-state index is 5.49. The SMILES string of the molecule is CC(C)CCOC(=S)Cc1ccccc1. The van der Waals surface area contributed by atoms with E-state index in [1.54, 1.807) is 0 Å². The van der Waals surface area contributed by atoms with Gasteiger partial charge in [0.15, 0.2) is 5.05 Å². The van der Waals surface area contributed by atoms with E-state index in [-0.39, 0.29) is 0 Å². The molecule has 0 fully saturated rings. The Balaban J connectivity index is 2.25. The number of hydrogen-bond donors (Lipinski definition) is 0. The molecular weight excluding hydrogens is 204 g/mol. The zero-order valence-electron chi connectivity index (χ0n) is 9.40. The van der Waals surface area contributed by atoms with Gasteiger partial charge in [-0.15, -0.1) is 0 Å². The Hall–Kier alpha value is -0.890. The van der Waals surface area contributed by atoms with Crippen molar-refractivity contribution >= 4 is 17.3 Å². The minimum atomic E-state index is 0.671. The van der Waals surface area contributed by atoms with Crippen LogP contribution in [0.2, 0.25) is 0 Å². The summed E-state index contributed by atoms with van der Waals surface area (Å²) in [5, 5.41) is 0.696. The molecule has 2 heteroatoms. The van der Waals surface area contributed by atoms with Crippen molar-refractivity contribution in [3.05, 3.63) is 35.9 Å². The maximum atomic E-state index is 5.49. The highest BCUT2D eigenvalue weighted by atomic mass is 32.1. The summed E-state index contributed by atoms with van der Waals surface area (Å²) in [4.78, 5) is 0. The largest absolute Gasteiger partial charge is 0.487 e. The van der Waals surface area contributed by atoms with Gasteiger partial charge < -0.3 is 4.74 Å². The van der Waals surface area contributed by atoms with E-state index in [1.807, 2.05) is 18.2 Å². The predicted molar refractivity (Wildman–Crippen MR) is 68.2 cm³/mol. The minimum Gasteiger partial charge on any atom is -0.487 e. The Kier molecular flexibility index (Phi) is 5.33. The fourth-order valence-corrected chi connectivity index (χ4v) is 1.47. The van der Waals surface area contributed by atoms with Gasteiger partial charge in [0.25, 0.3) is 0 Å². The lowest BCUT2D eigenvalue weighted by Gasteiger charge is -2.08. The summed E-state index contributed by atoms with van der Waals surface area (Å²) in [5.74, 6) is 0.671. The van der Waals surface area contributed by atoms with Gasteiger partial charge >= 0.3 is 0 Å². The quantitative estimate of drug-likeness (QED) is 0.704. The Morgan fingerprint density at radius 2 is 1.93 bits per heavy atom. The van der Waals surface area contributed by atoms with E-state index >= 15 is 0 Å². The lowest BCUT2D eigenvalue weighted by atomic mass is 10.1. The molecule has 0 radical (unpaired) electrons. The molecule has 0 unspecified atom stereocenters. The first-order chi connectivity index (χ1) is 7.18. The number of thiocarbonyl (C=S) groups is 1. The van der Waals surface area contributed by atoms with Gasteiger partial charge in [-0.2, -0.15) is 0 Å². The van der Waals surface area contributed by atoms with Crippen LogP contribution in [0.3, 0.4) is 0 Å². The second-order valence-electron chi connectivity index (χ2n) is 4.07. The molecule has 0 aliphatic carbocycles. The first-order valence-electron chi connectivity index (χ1n) is 5.38. The first-order valence-corrected chi connectivity index (χ1v) is 5.79. The molecule has 0 aliphatic heterocycles. The molecular formula is C13H18OS. The molecule has 0 spiro atoms. The third-order valence-electron chi connectivity index (χ3n) is 2.15. The summed E-state index contributed by atoms with van der Waals surface area (Å²) < 4.78 is 5.49. The molecule has 15 heavy (non-hydrogen) atoms.